The standard InChI is InChI=1S/C15H17FN4O/c1-9(2)14-18-8-12(17-3)13(20-14)15(21)19-11-7-5-4-6-10(11)16/h4-9,17H,1-3H3,(H,19,21). The molecule has 5 nitrogen and oxygen atoms in total. The average Bonchev–Trinajstić information content (AvgIpc) is 2.48. The van der Waals surface area contributed by atoms with Crippen molar-refractivity contribution in [3.8, 4) is 0 Å². The highest BCUT2D eigenvalue weighted by Gasteiger charge is 2.17. The number of amides is 1. The van der Waals surface area contributed by atoms with E-state index in [4.69, 9.17) is 0 Å². The van der Waals surface area contributed by atoms with Crippen LogP contribution < -0.4 is 10.6 Å². The van der Waals surface area contributed by atoms with E-state index in [2.05, 4.69) is 20.6 Å². The van der Waals surface area contributed by atoms with E-state index < -0.39 is 11.7 Å². The van der Waals surface area contributed by atoms with Crippen molar-refractivity contribution in [1.82, 2.24) is 9.97 Å². The number of para-hydroxylation sites is 1. The second-order valence-corrected chi connectivity index (χ2v) is 4.83. The van der Waals surface area contributed by atoms with Gasteiger partial charge in [-0.25, -0.2) is 14.4 Å². The monoisotopic (exact) mass is 288 g/mol. The van der Waals surface area contributed by atoms with Gasteiger partial charge in [-0.1, -0.05) is 26.0 Å². The van der Waals surface area contributed by atoms with Gasteiger partial charge in [-0.05, 0) is 12.1 Å². The second kappa shape index (κ2) is 6.30. The van der Waals surface area contributed by atoms with Gasteiger partial charge in [-0.15, -0.1) is 0 Å². The Labute approximate surface area is 122 Å². The quantitative estimate of drug-likeness (QED) is 0.907. The van der Waals surface area contributed by atoms with Gasteiger partial charge >= 0.3 is 0 Å². The van der Waals surface area contributed by atoms with Crippen LogP contribution in [0.15, 0.2) is 30.5 Å². The SMILES string of the molecule is CNc1cnc(C(C)C)nc1C(=O)Nc1ccccc1F. The van der Waals surface area contributed by atoms with Crippen molar-refractivity contribution in [1.29, 1.82) is 0 Å². The number of aromatic nitrogens is 2. The van der Waals surface area contributed by atoms with Crippen molar-refractivity contribution in [2.45, 2.75) is 19.8 Å². The summed E-state index contributed by atoms with van der Waals surface area (Å²) in [4.78, 5) is 20.8. The van der Waals surface area contributed by atoms with Crippen LogP contribution in [0.4, 0.5) is 15.8 Å². The Bertz CT molecular complexity index is 658. The van der Waals surface area contributed by atoms with Crippen molar-refractivity contribution in [2.75, 3.05) is 17.7 Å². The number of nitrogens with zero attached hydrogens (tertiary/aromatic N) is 2. The van der Waals surface area contributed by atoms with Gasteiger partial charge in [0.25, 0.3) is 5.91 Å². The number of rotatable bonds is 4. The molecule has 0 aliphatic carbocycles. The minimum absolute atomic E-state index is 0.0934. The molecule has 110 valence electrons. The van der Waals surface area contributed by atoms with Crippen molar-refractivity contribution in [3.63, 3.8) is 0 Å². The summed E-state index contributed by atoms with van der Waals surface area (Å²) in [5, 5.41) is 5.39. The molecule has 0 saturated carbocycles. The van der Waals surface area contributed by atoms with Crippen molar-refractivity contribution >= 4 is 17.3 Å². The van der Waals surface area contributed by atoms with Gasteiger partial charge in [-0.3, -0.25) is 4.79 Å². The smallest absolute Gasteiger partial charge is 0.276 e. The first-order chi connectivity index (χ1) is 10.0. The molecule has 0 unspecified atom stereocenters. The van der Waals surface area contributed by atoms with Crippen LogP contribution in [0.25, 0.3) is 0 Å². The molecule has 1 aromatic heterocycles. The molecule has 6 heteroatoms. The number of benzene rings is 1. The molecule has 0 aliphatic rings. The lowest BCUT2D eigenvalue weighted by Crippen LogP contribution is -2.18. The van der Waals surface area contributed by atoms with E-state index in [-0.39, 0.29) is 17.3 Å². The maximum Gasteiger partial charge on any atom is 0.276 e. The van der Waals surface area contributed by atoms with Gasteiger partial charge < -0.3 is 10.6 Å². The summed E-state index contributed by atoms with van der Waals surface area (Å²) in [6.45, 7) is 3.87. The molecule has 0 atom stereocenters. The molecule has 0 radical (unpaired) electrons. The van der Waals surface area contributed by atoms with Crippen LogP contribution in [0.1, 0.15) is 36.1 Å². The molecule has 1 aromatic carbocycles. The summed E-state index contributed by atoms with van der Waals surface area (Å²) in [5.41, 5.74) is 0.807. The topological polar surface area (TPSA) is 66.9 Å². The normalized spacial score (nSPS) is 10.5. The summed E-state index contributed by atoms with van der Waals surface area (Å²) in [7, 11) is 1.67. The summed E-state index contributed by atoms with van der Waals surface area (Å²) in [6.07, 6.45) is 1.55. The molecule has 0 bridgehead atoms. The predicted molar refractivity (Wildman–Crippen MR) is 80.0 cm³/mol. The van der Waals surface area contributed by atoms with Crippen LogP contribution in [-0.4, -0.2) is 22.9 Å². The Kier molecular flexibility index (Phi) is 4.47. The summed E-state index contributed by atoms with van der Waals surface area (Å²) in [5.74, 6) is -0.313. The minimum atomic E-state index is -0.491. The number of hydrogen-bond donors (Lipinski definition) is 2. The highest BCUT2D eigenvalue weighted by atomic mass is 19.1. The average molecular weight is 288 g/mol. The summed E-state index contributed by atoms with van der Waals surface area (Å²) >= 11 is 0. The zero-order valence-electron chi connectivity index (χ0n) is 12.1. The first-order valence-corrected chi connectivity index (χ1v) is 6.63. The van der Waals surface area contributed by atoms with Crippen LogP contribution in [0.2, 0.25) is 0 Å². The molecule has 1 heterocycles. The van der Waals surface area contributed by atoms with Gasteiger partial charge in [0.1, 0.15) is 11.6 Å². The Morgan fingerprint density at radius 1 is 1.24 bits per heavy atom. The third-order valence-corrected chi connectivity index (χ3v) is 2.93. The highest BCUT2D eigenvalue weighted by molar-refractivity contribution is 6.06. The Morgan fingerprint density at radius 2 is 1.95 bits per heavy atom. The van der Waals surface area contributed by atoms with E-state index in [1.807, 2.05) is 13.8 Å². The van der Waals surface area contributed by atoms with Crippen LogP contribution in [0.3, 0.4) is 0 Å². The second-order valence-electron chi connectivity index (χ2n) is 4.83. The van der Waals surface area contributed by atoms with Crippen molar-refractivity contribution < 1.29 is 9.18 Å². The third-order valence-electron chi connectivity index (χ3n) is 2.93. The molecule has 2 rings (SSSR count). The molecule has 0 aliphatic heterocycles. The zero-order valence-corrected chi connectivity index (χ0v) is 12.1. The summed E-state index contributed by atoms with van der Waals surface area (Å²) < 4.78 is 13.6. The van der Waals surface area contributed by atoms with Gasteiger partial charge in [0.15, 0.2) is 5.69 Å². The fourth-order valence-corrected chi connectivity index (χ4v) is 1.77. The van der Waals surface area contributed by atoms with Crippen molar-refractivity contribution in [3.05, 3.63) is 47.8 Å². The zero-order chi connectivity index (χ0) is 15.4. The van der Waals surface area contributed by atoms with E-state index in [0.29, 0.717) is 11.5 Å². The molecule has 0 saturated heterocycles. The van der Waals surface area contributed by atoms with Crippen molar-refractivity contribution in [2.24, 2.45) is 0 Å². The molecule has 2 N–H and O–H groups in total. The molecule has 1 amide bonds. The minimum Gasteiger partial charge on any atom is -0.385 e. The molecule has 21 heavy (non-hydrogen) atoms. The van der Waals surface area contributed by atoms with E-state index >= 15 is 0 Å². The van der Waals surface area contributed by atoms with E-state index in [0.717, 1.165) is 0 Å². The predicted octanol–water partition coefficient (Wildman–Crippen LogP) is 3.03. The number of halogens is 1. The fourth-order valence-electron chi connectivity index (χ4n) is 1.77. The summed E-state index contributed by atoms with van der Waals surface area (Å²) in [6, 6.07) is 5.99. The number of nitrogens with one attached hydrogen (secondary N) is 2. The van der Waals surface area contributed by atoms with Gasteiger partial charge in [0.2, 0.25) is 0 Å². The van der Waals surface area contributed by atoms with Gasteiger partial charge in [0, 0.05) is 13.0 Å². The number of anilines is 2. The Morgan fingerprint density at radius 3 is 2.57 bits per heavy atom. The first kappa shape index (κ1) is 14.9. The number of carbonyl (C=O) groups is 1. The molecule has 2 aromatic rings. The molecule has 0 fully saturated rings. The van der Waals surface area contributed by atoms with Crippen LogP contribution >= 0.6 is 0 Å². The number of hydrogen-bond acceptors (Lipinski definition) is 4. The van der Waals surface area contributed by atoms with Crippen LogP contribution in [0.5, 0.6) is 0 Å². The van der Waals surface area contributed by atoms with E-state index in [1.54, 1.807) is 25.4 Å². The highest BCUT2D eigenvalue weighted by Crippen LogP contribution is 2.19. The van der Waals surface area contributed by atoms with Crippen LogP contribution in [-0.2, 0) is 0 Å². The molecular weight excluding hydrogens is 271 g/mol. The van der Waals surface area contributed by atoms with Crippen LogP contribution in [0, 0.1) is 5.82 Å². The molecular formula is C15H17FN4O. The lowest BCUT2D eigenvalue weighted by Gasteiger charge is -2.12. The first-order valence-electron chi connectivity index (χ1n) is 6.63. The lowest BCUT2D eigenvalue weighted by molar-refractivity contribution is 0.102. The maximum atomic E-state index is 13.6. The van der Waals surface area contributed by atoms with Gasteiger partial charge in [-0.2, -0.15) is 0 Å². The Balaban J connectivity index is 2.34. The molecule has 0 spiro atoms. The Hall–Kier alpha value is -2.50. The largest absolute Gasteiger partial charge is 0.385 e. The van der Waals surface area contributed by atoms with E-state index in [1.165, 1.54) is 12.1 Å². The van der Waals surface area contributed by atoms with E-state index in [9.17, 15) is 9.18 Å². The fraction of sp³-hybridized carbons (Fsp3) is 0.267. The maximum absolute atomic E-state index is 13.6. The van der Waals surface area contributed by atoms with Gasteiger partial charge in [0.05, 0.1) is 17.6 Å². The number of carbonyl (C=O) groups excluding carboxylic acids is 1. The third kappa shape index (κ3) is 3.34. The lowest BCUT2D eigenvalue weighted by atomic mass is 10.2.